The summed E-state index contributed by atoms with van der Waals surface area (Å²) in [5, 5.41) is 3.34. The van der Waals surface area contributed by atoms with Gasteiger partial charge in [-0.25, -0.2) is 0 Å². The van der Waals surface area contributed by atoms with Crippen molar-refractivity contribution in [1.82, 2.24) is 20.1 Å². The second-order valence-corrected chi connectivity index (χ2v) is 7.91. The number of carbonyl (C=O) groups excluding carboxylic acids is 1. The van der Waals surface area contributed by atoms with Crippen molar-refractivity contribution in [3.63, 3.8) is 0 Å². The lowest BCUT2D eigenvalue weighted by molar-refractivity contribution is -0.127. The zero-order valence-corrected chi connectivity index (χ0v) is 15.7. The number of rotatable bonds is 5. The van der Waals surface area contributed by atoms with Crippen LogP contribution in [0.5, 0.6) is 0 Å². The third kappa shape index (κ3) is 5.25. The first-order chi connectivity index (χ1) is 12.1. The summed E-state index contributed by atoms with van der Waals surface area (Å²) >= 11 is 0. The van der Waals surface area contributed by atoms with Crippen LogP contribution in [-0.4, -0.2) is 60.0 Å². The van der Waals surface area contributed by atoms with E-state index in [4.69, 9.17) is 0 Å². The number of aromatic nitrogens is 1. The molecule has 1 unspecified atom stereocenters. The summed E-state index contributed by atoms with van der Waals surface area (Å²) in [4.78, 5) is 21.6. The van der Waals surface area contributed by atoms with Crippen LogP contribution in [0.3, 0.4) is 0 Å². The van der Waals surface area contributed by atoms with E-state index in [1.165, 1.54) is 18.4 Å². The molecule has 1 N–H and O–H groups in total. The lowest BCUT2D eigenvalue weighted by Gasteiger charge is -2.35. The first-order valence-electron chi connectivity index (χ1n) is 9.70. The minimum atomic E-state index is 0.136. The van der Waals surface area contributed by atoms with E-state index < -0.39 is 0 Å². The Kier molecular flexibility index (Phi) is 6.43. The van der Waals surface area contributed by atoms with Gasteiger partial charge >= 0.3 is 0 Å². The van der Waals surface area contributed by atoms with Gasteiger partial charge in [-0.15, -0.1) is 0 Å². The summed E-state index contributed by atoms with van der Waals surface area (Å²) < 4.78 is 0. The number of nitrogens with one attached hydrogen (secondary N) is 1. The molecule has 1 aromatic heterocycles. The molecule has 0 spiro atoms. The molecule has 0 bridgehead atoms. The zero-order valence-electron chi connectivity index (χ0n) is 15.7. The van der Waals surface area contributed by atoms with Crippen molar-refractivity contribution in [2.45, 2.75) is 57.2 Å². The van der Waals surface area contributed by atoms with Gasteiger partial charge in [0.2, 0.25) is 5.91 Å². The number of amides is 1. The third-order valence-corrected chi connectivity index (χ3v) is 5.78. The van der Waals surface area contributed by atoms with Crippen molar-refractivity contribution >= 4 is 5.91 Å². The van der Waals surface area contributed by atoms with Gasteiger partial charge in [-0.1, -0.05) is 6.07 Å². The molecular formula is C20H32N4O. The highest BCUT2D eigenvalue weighted by atomic mass is 16.2. The monoisotopic (exact) mass is 344 g/mol. The second kappa shape index (κ2) is 8.77. The first kappa shape index (κ1) is 18.3. The number of hydrogen-bond acceptors (Lipinski definition) is 4. The predicted octanol–water partition coefficient (Wildman–Crippen LogP) is 2.28. The van der Waals surface area contributed by atoms with Crippen LogP contribution in [0.25, 0.3) is 0 Å². The van der Waals surface area contributed by atoms with Gasteiger partial charge in [0, 0.05) is 37.6 Å². The molecule has 138 valence electrons. The smallest absolute Gasteiger partial charge is 0.224 e. The van der Waals surface area contributed by atoms with E-state index in [1.807, 2.05) is 12.3 Å². The Morgan fingerprint density at radius 2 is 2.08 bits per heavy atom. The molecular weight excluding hydrogens is 312 g/mol. The molecule has 1 aliphatic carbocycles. The van der Waals surface area contributed by atoms with Crippen LogP contribution in [0.2, 0.25) is 0 Å². The maximum absolute atomic E-state index is 12.7. The number of nitrogens with zero attached hydrogens (tertiary/aromatic N) is 3. The summed E-state index contributed by atoms with van der Waals surface area (Å²) in [7, 11) is 4.31. The van der Waals surface area contributed by atoms with Crippen LogP contribution in [-0.2, 0) is 11.3 Å². The van der Waals surface area contributed by atoms with Crippen molar-refractivity contribution in [3.05, 3.63) is 30.1 Å². The van der Waals surface area contributed by atoms with Crippen LogP contribution in [0.15, 0.2) is 24.5 Å². The summed E-state index contributed by atoms with van der Waals surface area (Å²) in [6.07, 6.45) is 10.5. The highest BCUT2D eigenvalue weighted by molar-refractivity contribution is 5.79. The molecule has 2 aliphatic rings. The van der Waals surface area contributed by atoms with Crippen molar-refractivity contribution in [1.29, 1.82) is 0 Å². The van der Waals surface area contributed by atoms with Gasteiger partial charge in [0.25, 0.3) is 0 Å². The fraction of sp³-hybridized carbons (Fsp3) is 0.700. The predicted molar refractivity (Wildman–Crippen MR) is 100 cm³/mol. The van der Waals surface area contributed by atoms with Gasteiger partial charge in [-0.05, 0) is 70.8 Å². The first-order valence-corrected chi connectivity index (χ1v) is 9.70. The summed E-state index contributed by atoms with van der Waals surface area (Å²) in [6.45, 7) is 2.84. The molecule has 1 atom stereocenters. The molecule has 1 aromatic rings. The number of hydrogen-bond donors (Lipinski definition) is 1. The maximum Gasteiger partial charge on any atom is 0.224 e. The van der Waals surface area contributed by atoms with Crippen LogP contribution in [0.4, 0.5) is 0 Å². The third-order valence-electron chi connectivity index (χ3n) is 5.78. The van der Waals surface area contributed by atoms with Gasteiger partial charge in [0.05, 0.1) is 5.92 Å². The molecule has 3 rings (SSSR count). The van der Waals surface area contributed by atoms with Crippen molar-refractivity contribution in [2.75, 3.05) is 27.2 Å². The highest BCUT2D eigenvalue weighted by Crippen LogP contribution is 2.23. The van der Waals surface area contributed by atoms with Crippen molar-refractivity contribution in [3.8, 4) is 0 Å². The standard InChI is InChI=1S/C20H32N4O/c1-23(2)19-9-7-18(8-10-19)22-20(25)17-6-4-12-24(15-17)14-16-5-3-11-21-13-16/h3,5,11,13,17-19H,4,6-10,12,14-15H2,1-2H3,(H,22,25). The Hall–Kier alpha value is -1.46. The van der Waals surface area contributed by atoms with Crippen molar-refractivity contribution in [2.24, 2.45) is 5.92 Å². The quantitative estimate of drug-likeness (QED) is 0.890. The molecule has 1 saturated carbocycles. The summed E-state index contributed by atoms with van der Waals surface area (Å²) in [5.74, 6) is 0.404. The van der Waals surface area contributed by atoms with E-state index in [2.05, 4.69) is 40.3 Å². The molecule has 2 fully saturated rings. The van der Waals surface area contributed by atoms with Crippen LogP contribution >= 0.6 is 0 Å². The van der Waals surface area contributed by atoms with E-state index >= 15 is 0 Å². The Bertz CT molecular complexity index is 540. The molecule has 1 saturated heterocycles. The topological polar surface area (TPSA) is 48.5 Å². The number of pyridine rings is 1. The van der Waals surface area contributed by atoms with Crippen LogP contribution in [0.1, 0.15) is 44.1 Å². The van der Waals surface area contributed by atoms with E-state index in [-0.39, 0.29) is 11.8 Å². The molecule has 1 amide bonds. The van der Waals surface area contributed by atoms with E-state index in [0.29, 0.717) is 12.1 Å². The molecule has 0 radical (unpaired) electrons. The average Bonchev–Trinajstić information content (AvgIpc) is 2.63. The van der Waals surface area contributed by atoms with E-state index in [0.717, 1.165) is 45.3 Å². The minimum Gasteiger partial charge on any atom is -0.353 e. The lowest BCUT2D eigenvalue weighted by atomic mass is 9.89. The summed E-state index contributed by atoms with van der Waals surface area (Å²) in [5.41, 5.74) is 1.23. The number of likely N-dealkylation sites (tertiary alicyclic amines) is 1. The van der Waals surface area contributed by atoms with E-state index in [9.17, 15) is 4.79 Å². The normalized spacial score (nSPS) is 28.0. The Balaban J connectivity index is 1.46. The van der Waals surface area contributed by atoms with E-state index in [1.54, 1.807) is 6.20 Å². The average molecular weight is 345 g/mol. The largest absolute Gasteiger partial charge is 0.353 e. The fourth-order valence-electron chi connectivity index (χ4n) is 4.22. The van der Waals surface area contributed by atoms with Gasteiger partial charge in [0.15, 0.2) is 0 Å². The Labute approximate surface area is 151 Å². The number of carbonyl (C=O) groups is 1. The Morgan fingerprint density at radius 3 is 2.76 bits per heavy atom. The van der Waals surface area contributed by atoms with Gasteiger partial charge < -0.3 is 10.2 Å². The lowest BCUT2D eigenvalue weighted by Crippen LogP contribution is -2.47. The van der Waals surface area contributed by atoms with Gasteiger partial charge in [-0.3, -0.25) is 14.7 Å². The second-order valence-electron chi connectivity index (χ2n) is 7.91. The summed E-state index contributed by atoms with van der Waals surface area (Å²) in [6, 6.07) is 5.14. The molecule has 0 aromatic carbocycles. The minimum absolute atomic E-state index is 0.136. The fourth-order valence-corrected chi connectivity index (χ4v) is 4.22. The van der Waals surface area contributed by atoms with Crippen LogP contribution in [0, 0.1) is 5.92 Å². The molecule has 5 heteroatoms. The molecule has 2 heterocycles. The van der Waals surface area contributed by atoms with Gasteiger partial charge in [0.1, 0.15) is 0 Å². The zero-order chi connectivity index (χ0) is 17.6. The maximum atomic E-state index is 12.7. The van der Waals surface area contributed by atoms with Gasteiger partial charge in [-0.2, -0.15) is 0 Å². The highest BCUT2D eigenvalue weighted by Gasteiger charge is 2.29. The SMILES string of the molecule is CN(C)C1CCC(NC(=O)C2CCCN(Cc3cccnc3)C2)CC1. The van der Waals surface area contributed by atoms with Crippen molar-refractivity contribution < 1.29 is 4.79 Å². The Morgan fingerprint density at radius 1 is 1.28 bits per heavy atom. The molecule has 1 aliphatic heterocycles. The number of piperidine rings is 1. The van der Waals surface area contributed by atoms with Crippen LogP contribution < -0.4 is 5.32 Å². The molecule has 5 nitrogen and oxygen atoms in total. The molecule has 25 heavy (non-hydrogen) atoms.